The van der Waals surface area contributed by atoms with Gasteiger partial charge in [-0.25, -0.2) is 0 Å². The highest BCUT2D eigenvalue weighted by Gasteiger charge is 2.32. The fourth-order valence-corrected chi connectivity index (χ4v) is 9.97. The number of fused-ring (bicyclic) bond motifs is 2. The van der Waals surface area contributed by atoms with Gasteiger partial charge in [-0.1, -0.05) is 226 Å². The van der Waals surface area contributed by atoms with Crippen molar-refractivity contribution < 1.29 is 0 Å². The number of allylic oxidation sites excluding steroid dienone is 26. The molecule has 0 saturated heterocycles. The predicted molar refractivity (Wildman–Crippen MR) is 268 cm³/mol. The number of rotatable bonds is 9. The van der Waals surface area contributed by atoms with Gasteiger partial charge in [-0.15, -0.1) is 0 Å². The van der Waals surface area contributed by atoms with E-state index in [-0.39, 0.29) is 11.3 Å². The largest absolute Gasteiger partial charge is 0.0991 e. The molecule has 8 rings (SSSR count). The minimum Gasteiger partial charge on any atom is -0.0991 e. The van der Waals surface area contributed by atoms with Crippen molar-refractivity contribution in [3.8, 4) is 0 Å². The lowest BCUT2D eigenvalue weighted by molar-refractivity contribution is 0.400. The van der Waals surface area contributed by atoms with Crippen LogP contribution in [0.2, 0.25) is 0 Å². The third-order valence-electron chi connectivity index (χ3n) is 13.3. The highest BCUT2D eigenvalue weighted by Crippen LogP contribution is 2.47. The molecule has 4 aliphatic carbocycles. The monoisotopic (exact) mass is 792 g/mol. The van der Waals surface area contributed by atoms with E-state index in [9.17, 15) is 0 Å². The van der Waals surface area contributed by atoms with Crippen molar-refractivity contribution in [2.24, 2.45) is 17.3 Å². The van der Waals surface area contributed by atoms with Gasteiger partial charge in [0.1, 0.15) is 0 Å². The standard InChI is InChI=1S/C61H60/c1-7-19-53(8-2)61(38-17-20-43(3)21-18-39-61)42-52-37-35-49(33-31-45(52)5)59-55-25-12-14-27-57(55)60(58-28-15-13-26-56(58)59)51-36-34-48(32-30-44(4)40-51)54-29-16-24-50(41-46(54)6)47-22-10-9-11-23-47/h7-17,19-20,22-29,31-38,40,44-45H,1-2,18,21,30,39,41-42H2,3-6H3/b36-34-,38-17-,43-20?,48-32-,51-40+,53-19+. The Labute approximate surface area is 365 Å². The molecule has 0 nitrogen and oxygen atoms in total. The summed E-state index contributed by atoms with van der Waals surface area (Å²) in [5.41, 5.74) is 15.8. The van der Waals surface area contributed by atoms with Crippen LogP contribution in [0.15, 0.2) is 229 Å². The summed E-state index contributed by atoms with van der Waals surface area (Å²) >= 11 is 0. The number of hydrogen-bond acceptors (Lipinski definition) is 0. The first kappa shape index (κ1) is 41.5. The lowest BCUT2D eigenvalue weighted by Crippen LogP contribution is -2.23. The van der Waals surface area contributed by atoms with Crippen molar-refractivity contribution in [2.45, 2.75) is 66.2 Å². The van der Waals surface area contributed by atoms with Crippen LogP contribution in [0.1, 0.15) is 82.9 Å². The second kappa shape index (κ2) is 18.6. The molecule has 304 valence electrons. The van der Waals surface area contributed by atoms with Gasteiger partial charge in [-0.3, -0.25) is 0 Å². The van der Waals surface area contributed by atoms with E-state index in [0.29, 0.717) is 5.92 Å². The smallest absolute Gasteiger partial charge is 0.0172 e. The molecule has 0 spiro atoms. The van der Waals surface area contributed by atoms with Crippen molar-refractivity contribution in [1.82, 2.24) is 0 Å². The van der Waals surface area contributed by atoms with Crippen molar-refractivity contribution in [3.63, 3.8) is 0 Å². The Kier molecular flexibility index (Phi) is 12.6. The van der Waals surface area contributed by atoms with Crippen LogP contribution in [-0.4, -0.2) is 0 Å². The van der Waals surface area contributed by atoms with Gasteiger partial charge >= 0.3 is 0 Å². The first-order chi connectivity index (χ1) is 29.8. The van der Waals surface area contributed by atoms with E-state index in [1.54, 1.807) is 0 Å². The predicted octanol–water partition coefficient (Wildman–Crippen LogP) is 17.1. The molecule has 0 amide bonds. The maximum absolute atomic E-state index is 4.28. The van der Waals surface area contributed by atoms with E-state index in [2.05, 4.69) is 211 Å². The first-order valence-corrected chi connectivity index (χ1v) is 22.3. The normalized spacial score (nSPS) is 25.1. The molecule has 3 atom stereocenters. The molecule has 0 heterocycles. The van der Waals surface area contributed by atoms with Crippen LogP contribution < -0.4 is 0 Å². The van der Waals surface area contributed by atoms with Gasteiger partial charge < -0.3 is 0 Å². The maximum atomic E-state index is 4.28. The molecule has 0 radical (unpaired) electrons. The van der Waals surface area contributed by atoms with Crippen LogP contribution >= 0.6 is 0 Å². The number of hydrogen-bond donors (Lipinski definition) is 0. The van der Waals surface area contributed by atoms with Crippen LogP contribution in [0, 0.1) is 17.3 Å². The average Bonchev–Trinajstić information content (AvgIpc) is 3.57. The second-order valence-electron chi connectivity index (χ2n) is 17.6. The topological polar surface area (TPSA) is 0 Å². The van der Waals surface area contributed by atoms with Crippen molar-refractivity contribution >= 4 is 38.3 Å². The van der Waals surface area contributed by atoms with Crippen molar-refractivity contribution in [1.29, 1.82) is 0 Å². The van der Waals surface area contributed by atoms with E-state index >= 15 is 0 Å². The Bertz CT molecular complexity index is 2690. The first-order valence-electron chi connectivity index (χ1n) is 22.3. The Hall–Kier alpha value is -6.24. The van der Waals surface area contributed by atoms with Gasteiger partial charge in [0.05, 0.1) is 0 Å². The maximum Gasteiger partial charge on any atom is 0.0172 e. The van der Waals surface area contributed by atoms with Crippen molar-refractivity contribution in [3.05, 3.63) is 245 Å². The third kappa shape index (κ3) is 8.82. The molecule has 3 unspecified atom stereocenters. The van der Waals surface area contributed by atoms with E-state index in [4.69, 9.17) is 0 Å². The Morgan fingerprint density at radius 1 is 0.721 bits per heavy atom. The van der Waals surface area contributed by atoms with Crippen LogP contribution in [-0.2, 0) is 0 Å². The van der Waals surface area contributed by atoms with E-state index in [0.717, 1.165) is 38.5 Å². The fourth-order valence-electron chi connectivity index (χ4n) is 9.97. The Balaban J connectivity index is 1.20. The summed E-state index contributed by atoms with van der Waals surface area (Å²) in [5.74, 6) is 0.655. The molecule has 4 aromatic carbocycles. The zero-order chi connectivity index (χ0) is 42.3. The molecular formula is C61H60. The molecule has 0 N–H and O–H groups in total. The minimum absolute atomic E-state index is 0.144. The van der Waals surface area contributed by atoms with Crippen LogP contribution in [0.4, 0.5) is 0 Å². The molecule has 0 heteroatoms. The molecule has 0 saturated carbocycles. The molecule has 0 aromatic heterocycles. The highest BCUT2D eigenvalue weighted by molar-refractivity contribution is 6.17. The Morgan fingerprint density at radius 3 is 2.08 bits per heavy atom. The van der Waals surface area contributed by atoms with Gasteiger partial charge in [0.25, 0.3) is 0 Å². The minimum atomic E-state index is -0.144. The average molecular weight is 793 g/mol. The summed E-state index contributed by atoms with van der Waals surface area (Å²) < 4.78 is 0. The third-order valence-corrected chi connectivity index (χ3v) is 13.3. The van der Waals surface area contributed by atoms with Gasteiger partial charge in [-0.05, 0) is 136 Å². The van der Waals surface area contributed by atoms with Crippen molar-refractivity contribution in [2.75, 3.05) is 0 Å². The molecule has 61 heavy (non-hydrogen) atoms. The van der Waals surface area contributed by atoms with Gasteiger partial charge in [0.2, 0.25) is 0 Å². The Morgan fingerprint density at radius 2 is 1.39 bits per heavy atom. The van der Waals surface area contributed by atoms with E-state index in [1.807, 2.05) is 12.2 Å². The highest BCUT2D eigenvalue weighted by atomic mass is 14.4. The molecule has 0 bridgehead atoms. The van der Waals surface area contributed by atoms with E-state index < -0.39 is 0 Å². The van der Waals surface area contributed by atoms with Gasteiger partial charge in [0, 0.05) is 5.41 Å². The fraction of sp³-hybridized carbons (Fsp3) is 0.213. The second-order valence-corrected chi connectivity index (χ2v) is 17.6. The summed E-state index contributed by atoms with van der Waals surface area (Å²) in [4.78, 5) is 0. The van der Waals surface area contributed by atoms with Gasteiger partial charge in [-0.2, -0.15) is 0 Å². The summed E-state index contributed by atoms with van der Waals surface area (Å²) in [6, 6.07) is 28.9. The lowest BCUT2D eigenvalue weighted by Gasteiger charge is -2.35. The zero-order valence-electron chi connectivity index (χ0n) is 36.6. The van der Waals surface area contributed by atoms with Gasteiger partial charge in [0.15, 0.2) is 0 Å². The van der Waals surface area contributed by atoms with Crippen LogP contribution in [0.25, 0.3) is 38.3 Å². The molecular weight excluding hydrogens is 733 g/mol. The zero-order valence-corrected chi connectivity index (χ0v) is 36.6. The van der Waals surface area contributed by atoms with Crippen LogP contribution in [0.3, 0.4) is 0 Å². The summed E-state index contributed by atoms with van der Waals surface area (Å²) in [7, 11) is 0. The quantitative estimate of drug-likeness (QED) is 0.117. The summed E-state index contributed by atoms with van der Waals surface area (Å²) in [6.07, 6.45) is 45.5. The molecule has 0 aliphatic heterocycles. The van der Waals surface area contributed by atoms with Crippen LogP contribution in [0.5, 0.6) is 0 Å². The SMILES string of the molecule is C=C/C=C(\C=C)C1(CC2=CC=C(c3c4ccccc4c(C4=C/C(C)C/C=C(C5=C(C)CC(c6ccccc6)=CC=C5)/C=C\4)c4ccccc34)C=CC2C)/C=C\C=C(C)CCC1. The summed E-state index contributed by atoms with van der Waals surface area (Å²) in [5, 5.41) is 5.14. The summed E-state index contributed by atoms with van der Waals surface area (Å²) in [6.45, 7) is 17.6. The number of benzene rings is 4. The molecule has 0 fully saturated rings. The van der Waals surface area contributed by atoms with E-state index in [1.165, 1.54) is 88.4 Å². The molecule has 4 aliphatic rings. The lowest BCUT2D eigenvalue weighted by atomic mass is 9.68. The molecule has 4 aromatic rings.